The van der Waals surface area contributed by atoms with Crippen molar-refractivity contribution in [2.24, 2.45) is 0 Å². The first-order chi connectivity index (χ1) is 13.4. The van der Waals surface area contributed by atoms with E-state index in [2.05, 4.69) is 10.6 Å². The minimum atomic E-state index is -3.47. The highest BCUT2D eigenvalue weighted by Crippen LogP contribution is 2.20. The van der Waals surface area contributed by atoms with Crippen LogP contribution in [0.3, 0.4) is 0 Å². The Hall–Kier alpha value is -2.19. The number of carbonyl (C=O) groups excluding carboxylic acids is 2. The lowest BCUT2D eigenvalue weighted by Gasteiger charge is -2.19. The minimum absolute atomic E-state index is 0.0732. The predicted molar refractivity (Wildman–Crippen MR) is 109 cm³/mol. The van der Waals surface area contributed by atoms with Crippen LogP contribution in [0.25, 0.3) is 6.08 Å². The topological polar surface area (TPSA) is 95.6 Å². The summed E-state index contributed by atoms with van der Waals surface area (Å²) in [5, 5.41) is 5.18. The Labute approximate surface area is 167 Å². The second-order valence-corrected chi connectivity index (χ2v) is 8.73. The molecule has 2 rings (SSSR count). The Bertz CT molecular complexity index is 780. The molecule has 7 nitrogen and oxygen atoms in total. The molecule has 0 spiro atoms. The van der Waals surface area contributed by atoms with Gasteiger partial charge in [0.15, 0.2) is 0 Å². The van der Waals surface area contributed by atoms with Gasteiger partial charge in [-0.3, -0.25) is 9.59 Å². The molecule has 0 unspecified atom stereocenters. The molecule has 1 aliphatic heterocycles. The van der Waals surface area contributed by atoms with Crippen LogP contribution in [0.2, 0.25) is 0 Å². The van der Waals surface area contributed by atoms with Gasteiger partial charge in [-0.25, -0.2) is 8.42 Å². The Morgan fingerprint density at radius 3 is 2.29 bits per heavy atom. The van der Waals surface area contributed by atoms with Crippen molar-refractivity contribution < 1.29 is 18.0 Å². The first-order valence-electron chi connectivity index (χ1n) is 9.76. The van der Waals surface area contributed by atoms with E-state index in [4.69, 9.17) is 0 Å². The lowest BCUT2D eigenvalue weighted by atomic mass is 10.2. The van der Waals surface area contributed by atoms with E-state index in [1.54, 1.807) is 34.6 Å². The third kappa shape index (κ3) is 6.76. The number of amides is 2. The van der Waals surface area contributed by atoms with Gasteiger partial charge in [-0.05, 0) is 43.0 Å². The first-order valence-corrected chi connectivity index (χ1v) is 11.2. The molecule has 1 aliphatic rings. The molecular formula is C20H29N3O4S. The third-order valence-electron chi connectivity index (χ3n) is 4.51. The molecule has 154 valence electrons. The van der Waals surface area contributed by atoms with Gasteiger partial charge in [0.2, 0.25) is 21.8 Å². The molecule has 28 heavy (non-hydrogen) atoms. The van der Waals surface area contributed by atoms with Crippen LogP contribution in [-0.2, 0) is 19.6 Å². The fraction of sp³-hybridized carbons (Fsp3) is 0.500. The van der Waals surface area contributed by atoms with Crippen LogP contribution in [0.15, 0.2) is 35.2 Å². The van der Waals surface area contributed by atoms with Crippen LogP contribution < -0.4 is 10.6 Å². The molecule has 0 saturated carbocycles. The van der Waals surface area contributed by atoms with Crippen molar-refractivity contribution >= 4 is 27.9 Å². The van der Waals surface area contributed by atoms with Crippen molar-refractivity contribution in [3.05, 3.63) is 35.9 Å². The fourth-order valence-electron chi connectivity index (χ4n) is 2.91. The fourth-order valence-corrected chi connectivity index (χ4v) is 4.42. The van der Waals surface area contributed by atoms with Crippen LogP contribution in [0.5, 0.6) is 0 Å². The zero-order valence-electron chi connectivity index (χ0n) is 16.3. The van der Waals surface area contributed by atoms with E-state index in [1.165, 1.54) is 6.08 Å². The van der Waals surface area contributed by atoms with Gasteiger partial charge in [-0.2, -0.15) is 4.31 Å². The van der Waals surface area contributed by atoms with E-state index in [9.17, 15) is 18.0 Å². The smallest absolute Gasteiger partial charge is 0.244 e. The van der Waals surface area contributed by atoms with Crippen molar-refractivity contribution in [3.8, 4) is 0 Å². The van der Waals surface area contributed by atoms with Gasteiger partial charge in [0, 0.05) is 25.7 Å². The first kappa shape index (κ1) is 22.1. The highest BCUT2D eigenvalue weighted by molar-refractivity contribution is 7.89. The van der Waals surface area contributed by atoms with E-state index >= 15 is 0 Å². The number of hydrogen-bond acceptors (Lipinski definition) is 4. The van der Waals surface area contributed by atoms with Gasteiger partial charge in [0.1, 0.15) is 0 Å². The van der Waals surface area contributed by atoms with Crippen LogP contribution >= 0.6 is 0 Å². The van der Waals surface area contributed by atoms with Crippen LogP contribution in [0.4, 0.5) is 0 Å². The van der Waals surface area contributed by atoms with Crippen LogP contribution in [0, 0.1) is 0 Å². The van der Waals surface area contributed by atoms with Crippen molar-refractivity contribution in [1.82, 2.24) is 14.9 Å². The number of nitrogens with one attached hydrogen (secondary N) is 2. The van der Waals surface area contributed by atoms with Gasteiger partial charge < -0.3 is 10.6 Å². The molecule has 1 fully saturated rings. The molecule has 8 heteroatoms. The van der Waals surface area contributed by atoms with Gasteiger partial charge >= 0.3 is 0 Å². The molecule has 2 N–H and O–H groups in total. The summed E-state index contributed by atoms with van der Waals surface area (Å²) in [5.74, 6) is -0.611. The van der Waals surface area contributed by atoms with E-state index in [0.29, 0.717) is 25.2 Å². The predicted octanol–water partition coefficient (Wildman–Crippen LogP) is 1.91. The zero-order chi connectivity index (χ0) is 20.4. The van der Waals surface area contributed by atoms with E-state index < -0.39 is 10.0 Å². The van der Waals surface area contributed by atoms with Crippen molar-refractivity contribution in [2.45, 2.75) is 43.9 Å². The number of carbonyl (C=O) groups is 2. The van der Waals surface area contributed by atoms with Crippen molar-refractivity contribution in [1.29, 1.82) is 0 Å². The number of benzene rings is 1. The van der Waals surface area contributed by atoms with Crippen molar-refractivity contribution in [3.63, 3.8) is 0 Å². The maximum atomic E-state index is 12.7. The summed E-state index contributed by atoms with van der Waals surface area (Å²) < 4.78 is 27.1. The number of rotatable bonds is 8. The van der Waals surface area contributed by atoms with E-state index in [0.717, 1.165) is 32.1 Å². The summed E-state index contributed by atoms with van der Waals surface area (Å²) in [6, 6.07) is 6.47. The average Bonchev–Trinajstić information content (AvgIpc) is 2.99. The normalized spacial score (nSPS) is 15.9. The standard InChI is InChI=1S/C20H29N3O4S/c1-2-13-21-20(25)16-22-19(24)12-9-17-7-10-18(11-8-17)28(26,27)23-14-5-3-4-6-15-23/h7-12H,2-6,13-16H2,1H3,(H,21,25)(H,22,24)/b12-9+. The molecule has 2 amide bonds. The molecule has 1 heterocycles. The number of sulfonamides is 1. The maximum absolute atomic E-state index is 12.7. The van der Waals surface area contributed by atoms with E-state index in [1.807, 2.05) is 6.92 Å². The summed E-state index contributed by atoms with van der Waals surface area (Å²) in [6.07, 6.45) is 7.67. The minimum Gasteiger partial charge on any atom is -0.355 e. The van der Waals surface area contributed by atoms with Crippen molar-refractivity contribution in [2.75, 3.05) is 26.2 Å². The Kier molecular flexibility index (Phi) is 8.66. The van der Waals surface area contributed by atoms with Gasteiger partial charge in [-0.15, -0.1) is 0 Å². The van der Waals surface area contributed by atoms with Crippen LogP contribution in [0.1, 0.15) is 44.6 Å². The van der Waals surface area contributed by atoms with Gasteiger partial charge in [-0.1, -0.05) is 31.9 Å². The number of hydrogen-bond donors (Lipinski definition) is 2. The summed E-state index contributed by atoms with van der Waals surface area (Å²) in [7, 11) is -3.47. The second kappa shape index (κ2) is 11.0. The summed E-state index contributed by atoms with van der Waals surface area (Å²) >= 11 is 0. The Morgan fingerprint density at radius 1 is 1.04 bits per heavy atom. The van der Waals surface area contributed by atoms with Crippen LogP contribution in [-0.4, -0.2) is 50.7 Å². The summed E-state index contributed by atoms with van der Waals surface area (Å²) in [5.41, 5.74) is 0.709. The molecule has 1 aromatic carbocycles. The zero-order valence-corrected chi connectivity index (χ0v) is 17.1. The molecular weight excluding hydrogens is 378 g/mol. The molecule has 1 aromatic rings. The molecule has 1 saturated heterocycles. The monoisotopic (exact) mass is 407 g/mol. The average molecular weight is 408 g/mol. The van der Waals surface area contributed by atoms with Gasteiger partial charge in [0.05, 0.1) is 11.4 Å². The van der Waals surface area contributed by atoms with E-state index in [-0.39, 0.29) is 23.3 Å². The SMILES string of the molecule is CCCNC(=O)CNC(=O)/C=C/c1ccc(S(=O)(=O)N2CCCCCC2)cc1. The molecule has 0 radical (unpaired) electrons. The molecule has 0 atom stereocenters. The second-order valence-electron chi connectivity index (χ2n) is 6.79. The van der Waals surface area contributed by atoms with Gasteiger partial charge in [0.25, 0.3) is 0 Å². The number of nitrogens with zero attached hydrogens (tertiary/aromatic N) is 1. The largest absolute Gasteiger partial charge is 0.355 e. The quantitative estimate of drug-likeness (QED) is 0.644. The summed E-state index contributed by atoms with van der Waals surface area (Å²) in [4.78, 5) is 23.5. The lowest BCUT2D eigenvalue weighted by molar-refractivity contribution is -0.123. The molecule has 0 aliphatic carbocycles. The highest BCUT2D eigenvalue weighted by atomic mass is 32.2. The Morgan fingerprint density at radius 2 is 1.68 bits per heavy atom. The molecule has 0 aromatic heterocycles. The third-order valence-corrected chi connectivity index (χ3v) is 6.42. The molecule has 0 bridgehead atoms. The Balaban J connectivity index is 1.91. The lowest BCUT2D eigenvalue weighted by Crippen LogP contribution is -2.36. The summed E-state index contributed by atoms with van der Waals surface area (Å²) in [6.45, 7) is 3.59. The maximum Gasteiger partial charge on any atom is 0.244 e. The highest BCUT2D eigenvalue weighted by Gasteiger charge is 2.24.